The van der Waals surface area contributed by atoms with E-state index in [9.17, 15) is 22.8 Å². The van der Waals surface area contributed by atoms with Gasteiger partial charge in [0.15, 0.2) is 5.69 Å². The van der Waals surface area contributed by atoms with Gasteiger partial charge in [-0.25, -0.2) is 14.3 Å². The third-order valence-corrected chi connectivity index (χ3v) is 5.57. The Bertz CT molecular complexity index is 1290. The molecule has 1 saturated carbocycles. The van der Waals surface area contributed by atoms with Crippen molar-refractivity contribution >= 4 is 34.9 Å². The quantitative estimate of drug-likeness (QED) is 0.318. The van der Waals surface area contributed by atoms with Gasteiger partial charge in [-0.2, -0.15) is 18.3 Å². The first kappa shape index (κ1) is 27.4. The van der Waals surface area contributed by atoms with Gasteiger partial charge in [0.25, 0.3) is 11.8 Å². The number of nitrogens with one attached hydrogen (secondary N) is 2. The zero-order valence-corrected chi connectivity index (χ0v) is 19.7. The van der Waals surface area contributed by atoms with E-state index in [0.29, 0.717) is 23.7 Å². The van der Waals surface area contributed by atoms with Gasteiger partial charge in [0.1, 0.15) is 5.69 Å². The van der Waals surface area contributed by atoms with E-state index < -0.39 is 24.0 Å². The van der Waals surface area contributed by atoms with Crippen molar-refractivity contribution in [2.24, 2.45) is 11.5 Å². The first-order valence-corrected chi connectivity index (χ1v) is 11.3. The number of nitrogens with two attached hydrogens (primary N) is 2. The highest BCUT2D eigenvalue weighted by atomic mass is 19.4. The van der Waals surface area contributed by atoms with E-state index in [4.69, 9.17) is 21.4 Å². The molecule has 7 N–H and O–H groups in total. The van der Waals surface area contributed by atoms with Crippen molar-refractivity contribution in [1.82, 2.24) is 24.4 Å². The Morgan fingerprint density at radius 1 is 1.19 bits per heavy atom. The maximum Gasteiger partial charge on any atom is 0.490 e. The largest absolute Gasteiger partial charge is 0.490 e. The second-order valence-corrected chi connectivity index (χ2v) is 8.20. The molecule has 3 heterocycles. The predicted octanol–water partition coefficient (Wildman–Crippen LogP) is 1.61. The highest BCUT2D eigenvalue weighted by Gasteiger charge is 2.38. The normalized spacial score (nSPS) is 17.5. The van der Waals surface area contributed by atoms with Gasteiger partial charge in [-0.3, -0.25) is 14.3 Å². The van der Waals surface area contributed by atoms with Gasteiger partial charge in [0.05, 0.1) is 17.4 Å². The molecule has 3 aromatic rings. The van der Waals surface area contributed by atoms with Crippen LogP contribution in [-0.4, -0.2) is 65.5 Å². The summed E-state index contributed by atoms with van der Waals surface area (Å²) in [6.45, 7) is 2.41. The minimum atomic E-state index is -5.08. The van der Waals surface area contributed by atoms with Gasteiger partial charge in [-0.1, -0.05) is 12.8 Å². The van der Waals surface area contributed by atoms with Crippen LogP contribution in [0.3, 0.4) is 0 Å². The lowest BCUT2D eigenvalue weighted by molar-refractivity contribution is -0.192. The Morgan fingerprint density at radius 2 is 1.86 bits per heavy atom. The molecule has 1 aliphatic carbocycles. The maximum absolute atomic E-state index is 12.9. The number of nitrogens with zero attached hydrogens (tertiary/aromatic N) is 5. The summed E-state index contributed by atoms with van der Waals surface area (Å²) in [7, 11) is 0. The number of anilines is 2. The average Bonchev–Trinajstić information content (AvgIpc) is 3.44. The molecule has 4 rings (SSSR count). The molecule has 0 radical (unpaired) electrons. The van der Waals surface area contributed by atoms with Crippen LogP contribution in [-0.2, 0) is 11.3 Å². The van der Waals surface area contributed by atoms with Crippen molar-refractivity contribution < 1.29 is 32.7 Å². The number of hydrogen-bond donors (Lipinski definition) is 5. The molecule has 200 valence electrons. The summed E-state index contributed by atoms with van der Waals surface area (Å²) in [5.41, 5.74) is 12.8. The van der Waals surface area contributed by atoms with Gasteiger partial charge >= 0.3 is 12.1 Å². The fourth-order valence-electron chi connectivity index (χ4n) is 3.69. The second-order valence-electron chi connectivity index (χ2n) is 8.20. The molecule has 13 nitrogen and oxygen atoms in total. The van der Waals surface area contributed by atoms with Crippen molar-refractivity contribution in [3.8, 4) is 0 Å². The van der Waals surface area contributed by atoms with E-state index in [-0.39, 0.29) is 23.5 Å². The van der Waals surface area contributed by atoms with Crippen LogP contribution >= 0.6 is 0 Å². The summed E-state index contributed by atoms with van der Waals surface area (Å²) in [4.78, 5) is 37.8. The van der Waals surface area contributed by atoms with Crippen LogP contribution in [0.1, 0.15) is 53.6 Å². The summed E-state index contributed by atoms with van der Waals surface area (Å²) >= 11 is 0. The maximum atomic E-state index is 12.9. The number of hydrogen-bond acceptors (Lipinski definition) is 8. The fourth-order valence-corrected chi connectivity index (χ4v) is 3.69. The van der Waals surface area contributed by atoms with Crippen LogP contribution < -0.4 is 22.1 Å². The number of carboxylic acid groups (broad SMARTS) is 1. The van der Waals surface area contributed by atoms with Crippen molar-refractivity contribution in [2.75, 3.05) is 10.6 Å². The summed E-state index contributed by atoms with van der Waals surface area (Å²) in [6.07, 6.45) is 2.29. The van der Waals surface area contributed by atoms with Crippen molar-refractivity contribution in [3.63, 3.8) is 0 Å². The Labute approximate surface area is 208 Å². The molecule has 2 amide bonds. The minimum absolute atomic E-state index is 0.00864. The van der Waals surface area contributed by atoms with Crippen molar-refractivity contribution in [2.45, 2.75) is 57.4 Å². The highest BCUT2D eigenvalue weighted by Crippen LogP contribution is 2.21. The monoisotopic (exact) mass is 525 g/mol. The number of rotatable bonds is 6. The van der Waals surface area contributed by atoms with Crippen LogP contribution in [0, 0.1) is 0 Å². The number of primary amides is 1. The van der Waals surface area contributed by atoms with Crippen molar-refractivity contribution in [3.05, 3.63) is 35.9 Å². The number of alkyl halides is 3. The molecule has 2 unspecified atom stereocenters. The number of amides is 2. The SMILES string of the molecule is CCn1cc(NC(=O)c2ccc3cnc(NC4CCCCC4N)nn23)c(C(N)=O)n1.O=C(O)C(F)(F)F. The van der Waals surface area contributed by atoms with E-state index in [1.54, 1.807) is 24.5 Å². The Hall–Kier alpha value is -4.21. The molecule has 0 bridgehead atoms. The molecule has 1 fully saturated rings. The van der Waals surface area contributed by atoms with E-state index in [0.717, 1.165) is 25.7 Å². The van der Waals surface area contributed by atoms with Crippen LogP contribution in [0.5, 0.6) is 0 Å². The van der Waals surface area contributed by atoms with Gasteiger partial charge in [-0.15, -0.1) is 5.10 Å². The first-order chi connectivity index (χ1) is 17.4. The van der Waals surface area contributed by atoms with E-state index >= 15 is 0 Å². The van der Waals surface area contributed by atoms with Gasteiger partial charge in [0, 0.05) is 24.8 Å². The number of carboxylic acids is 1. The number of carbonyl (C=O) groups excluding carboxylic acids is 2. The molecule has 0 aliphatic heterocycles. The molecule has 0 saturated heterocycles. The van der Waals surface area contributed by atoms with E-state index in [2.05, 4.69) is 25.8 Å². The van der Waals surface area contributed by atoms with E-state index in [1.807, 2.05) is 6.92 Å². The molecule has 0 spiro atoms. The fraction of sp³-hybridized carbons (Fsp3) is 0.429. The molecule has 3 aromatic heterocycles. The topological polar surface area (TPSA) is 196 Å². The number of carbonyl (C=O) groups is 3. The third-order valence-electron chi connectivity index (χ3n) is 5.57. The lowest BCUT2D eigenvalue weighted by Crippen LogP contribution is -2.43. The second kappa shape index (κ2) is 11.2. The number of halogens is 3. The molecule has 16 heteroatoms. The zero-order chi connectivity index (χ0) is 27.3. The number of aromatic nitrogens is 5. The van der Waals surface area contributed by atoms with Crippen LogP contribution in [0.25, 0.3) is 5.52 Å². The standard InChI is InChI=1S/C19H25N9O2.C2HF3O2/c1-2-27-10-14(16(25-27)17(21)29)23-18(30)15-8-7-11-9-22-19(26-28(11)15)24-13-6-4-3-5-12(13)20;3-2(4,5)1(6)7/h7-10,12-13H,2-6,20H2,1H3,(H2,21,29)(H,23,30)(H,24,26);(H,6,7). The number of aryl methyl sites for hydroxylation is 1. The van der Waals surface area contributed by atoms with Gasteiger partial charge in [0.2, 0.25) is 5.95 Å². The van der Waals surface area contributed by atoms with Crippen LogP contribution in [0.15, 0.2) is 24.5 Å². The summed E-state index contributed by atoms with van der Waals surface area (Å²) < 4.78 is 34.8. The van der Waals surface area contributed by atoms with Crippen molar-refractivity contribution in [1.29, 1.82) is 0 Å². The lowest BCUT2D eigenvalue weighted by Gasteiger charge is -2.29. The Balaban J connectivity index is 0.000000479. The number of fused-ring (bicyclic) bond motifs is 1. The Kier molecular flexibility index (Phi) is 8.31. The minimum Gasteiger partial charge on any atom is -0.475 e. The Morgan fingerprint density at radius 3 is 2.46 bits per heavy atom. The smallest absolute Gasteiger partial charge is 0.475 e. The first-order valence-electron chi connectivity index (χ1n) is 11.3. The summed E-state index contributed by atoms with van der Waals surface area (Å²) in [6, 6.07) is 3.54. The lowest BCUT2D eigenvalue weighted by atomic mass is 9.91. The zero-order valence-electron chi connectivity index (χ0n) is 19.7. The molecular formula is C21H26F3N9O4. The molecule has 2 atom stereocenters. The van der Waals surface area contributed by atoms with Gasteiger partial charge in [-0.05, 0) is 31.9 Å². The van der Waals surface area contributed by atoms with Crippen LogP contribution in [0.4, 0.5) is 24.8 Å². The average molecular weight is 525 g/mol. The third kappa shape index (κ3) is 6.72. The summed E-state index contributed by atoms with van der Waals surface area (Å²) in [5.74, 6) is -3.50. The molecule has 0 aromatic carbocycles. The molecule has 1 aliphatic rings. The van der Waals surface area contributed by atoms with E-state index in [1.165, 1.54) is 9.20 Å². The molecule has 37 heavy (non-hydrogen) atoms. The van der Waals surface area contributed by atoms with Crippen LogP contribution in [0.2, 0.25) is 0 Å². The van der Waals surface area contributed by atoms with Gasteiger partial charge < -0.3 is 27.2 Å². The number of aliphatic carboxylic acids is 1. The predicted molar refractivity (Wildman–Crippen MR) is 125 cm³/mol. The summed E-state index contributed by atoms with van der Waals surface area (Å²) in [5, 5.41) is 21.7. The highest BCUT2D eigenvalue weighted by molar-refractivity contribution is 6.07. The molecular weight excluding hydrogens is 499 g/mol.